The molecule has 15 heavy (non-hydrogen) atoms. The van der Waals surface area contributed by atoms with Crippen molar-refractivity contribution < 1.29 is 0 Å². The fourth-order valence-corrected chi connectivity index (χ4v) is 2.92. The van der Waals surface area contributed by atoms with Crippen molar-refractivity contribution >= 4 is 32.4 Å². The fraction of sp³-hybridized carbons (Fsp3) is 0.800. The van der Waals surface area contributed by atoms with E-state index in [-0.39, 0.29) is 0 Å². The zero-order valence-electron chi connectivity index (χ0n) is 9.09. The average molecular weight is 290 g/mol. The summed E-state index contributed by atoms with van der Waals surface area (Å²) in [5.74, 6) is 0.876. The van der Waals surface area contributed by atoms with Gasteiger partial charge in [-0.2, -0.15) is 0 Å². The molecule has 0 radical (unpaired) electrons. The summed E-state index contributed by atoms with van der Waals surface area (Å²) >= 11 is 4.86. The molecule has 2 rings (SSSR count). The molecule has 1 aromatic heterocycles. The Hall–Kier alpha value is -0.160. The van der Waals surface area contributed by atoms with E-state index in [1.807, 2.05) is 0 Å². The summed E-state index contributed by atoms with van der Waals surface area (Å²) in [6, 6.07) is 0. The predicted molar refractivity (Wildman–Crippen MR) is 67.2 cm³/mol. The van der Waals surface area contributed by atoms with Crippen LogP contribution in [0.25, 0.3) is 0 Å². The van der Waals surface area contributed by atoms with E-state index in [2.05, 4.69) is 45.3 Å². The summed E-state index contributed by atoms with van der Waals surface area (Å²) in [4.78, 5) is 0. The maximum Gasteiger partial charge on any atom is 0.206 e. The molecular weight excluding hydrogens is 274 g/mol. The Balaban J connectivity index is 1.86. The molecule has 0 aromatic carbocycles. The lowest BCUT2D eigenvalue weighted by molar-refractivity contribution is 0.134. The van der Waals surface area contributed by atoms with Gasteiger partial charge in [0.2, 0.25) is 5.13 Å². The van der Waals surface area contributed by atoms with Crippen molar-refractivity contribution in [2.24, 2.45) is 11.3 Å². The lowest BCUT2D eigenvalue weighted by Crippen LogP contribution is -2.35. The topological polar surface area (TPSA) is 37.8 Å². The molecule has 0 atom stereocenters. The highest BCUT2D eigenvalue weighted by atomic mass is 79.9. The van der Waals surface area contributed by atoms with Crippen LogP contribution in [0.15, 0.2) is 3.92 Å². The van der Waals surface area contributed by atoms with Gasteiger partial charge in [-0.15, -0.1) is 10.2 Å². The first-order chi connectivity index (χ1) is 7.08. The third-order valence-corrected chi connectivity index (χ3v) is 4.62. The van der Waals surface area contributed by atoms with Gasteiger partial charge in [-0.05, 0) is 40.1 Å². The molecule has 0 aliphatic heterocycles. The minimum Gasteiger partial charge on any atom is -0.360 e. The molecule has 1 N–H and O–H groups in total. The van der Waals surface area contributed by atoms with Crippen LogP contribution in [0.2, 0.25) is 0 Å². The molecule has 84 valence electrons. The van der Waals surface area contributed by atoms with Crippen LogP contribution in [0.3, 0.4) is 0 Å². The highest BCUT2D eigenvalue weighted by Crippen LogP contribution is 2.41. The lowest BCUT2D eigenvalue weighted by atomic mass is 9.67. The van der Waals surface area contributed by atoms with Crippen LogP contribution in [0.4, 0.5) is 5.13 Å². The Kier molecular flexibility index (Phi) is 3.30. The van der Waals surface area contributed by atoms with Crippen LogP contribution < -0.4 is 5.32 Å². The van der Waals surface area contributed by atoms with Crippen molar-refractivity contribution in [2.45, 2.75) is 33.1 Å². The molecule has 1 aromatic rings. The number of hydrogen-bond acceptors (Lipinski definition) is 4. The van der Waals surface area contributed by atoms with Crippen LogP contribution in [-0.2, 0) is 0 Å². The van der Waals surface area contributed by atoms with Crippen molar-refractivity contribution in [1.29, 1.82) is 0 Å². The molecule has 1 aliphatic rings. The Labute approximate surface area is 103 Å². The second kappa shape index (κ2) is 4.37. The smallest absolute Gasteiger partial charge is 0.206 e. The molecule has 1 heterocycles. The first kappa shape index (κ1) is 11.3. The molecule has 1 saturated carbocycles. The van der Waals surface area contributed by atoms with Crippen LogP contribution in [0.5, 0.6) is 0 Å². The van der Waals surface area contributed by atoms with E-state index in [1.54, 1.807) is 11.3 Å². The minimum absolute atomic E-state index is 0.371. The number of halogens is 1. The molecular formula is C10H16BrN3S. The second-order valence-corrected chi connectivity index (χ2v) is 7.08. The number of hydrogen-bond donors (Lipinski definition) is 1. The summed E-state index contributed by atoms with van der Waals surface area (Å²) in [5.41, 5.74) is 0.371. The van der Waals surface area contributed by atoms with Gasteiger partial charge in [-0.1, -0.05) is 31.6 Å². The molecule has 0 bridgehead atoms. The van der Waals surface area contributed by atoms with Crippen LogP contribution >= 0.6 is 27.3 Å². The van der Waals surface area contributed by atoms with Gasteiger partial charge in [0.25, 0.3) is 0 Å². The van der Waals surface area contributed by atoms with E-state index in [0.29, 0.717) is 5.41 Å². The van der Waals surface area contributed by atoms with E-state index >= 15 is 0 Å². The van der Waals surface area contributed by atoms with Gasteiger partial charge in [-0.3, -0.25) is 0 Å². The van der Waals surface area contributed by atoms with Gasteiger partial charge in [-0.25, -0.2) is 0 Å². The standard InChI is InChI=1S/C10H16BrN3S/c1-10(2,7-4-3-5-7)6-12-9-14-13-8(11)15-9/h7H,3-6H2,1-2H3,(H,12,14). The zero-order valence-corrected chi connectivity index (χ0v) is 11.5. The van der Waals surface area contributed by atoms with Crippen LogP contribution in [0.1, 0.15) is 33.1 Å². The number of rotatable bonds is 4. The van der Waals surface area contributed by atoms with E-state index in [4.69, 9.17) is 0 Å². The molecule has 3 nitrogen and oxygen atoms in total. The lowest BCUT2D eigenvalue weighted by Gasteiger charge is -2.40. The number of nitrogens with zero attached hydrogens (tertiary/aromatic N) is 2. The van der Waals surface area contributed by atoms with E-state index in [1.165, 1.54) is 19.3 Å². The van der Waals surface area contributed by atoms with Gasteiger partial charge in [0, 0.05) is 6.54 Å². The van der Waals surface area contributed by atoms with Crippen molar-refractivity contribution in [3.63, 3.8) is 0 Å². The van der Waals surface area contributed by atoms with Gasteiger partial charge < -0.3 is 5.32 Å². The van der Waals surface area contributed by atoms with E-state index < -0.39 is 0 Å². The summed E-state index contributed by atoms with van der Waals surface area (Å²) in [6.45, 7) is 5.65. The summed E-state index contributed by atoms with van der Waals surface area (Å²) in [5, 5.41) is 12.2. The third kappa shape index (κ3) is 2.69. The molecule has 1 aliphatic carbocycles. The third-order valence-electron chi connectivity index (χ3n) is 3.31. The maximum atomic E-state index is 4.03. The van der Waals surface area contributed by atoms with Gasteiger partial charge in [0.15, 0.2) is 3.92 Å². The first-order valence-corrected chi connectivity index (χ1v) is 6.92. The van der Waals surface area contributed by atoms with E-state index in [9.17, 15) is 0 Å². The average Bonchev–Trinajstić information content (AvgIpc) is 2.44. The normalized spacial score (nSPS) is 17.5. The van der Waals surface area contributed by atoms with Gasteiger partial charge >= 0.3 is 0 Å². The minimum atomic E-state index is 0.371. The zero-order chi connectivity index (χ0) is 10.9. The Bertz CT molecular complexity index is 333. The van der Waals surface area contributed by atoms with E-state index in [0.717, 1.165) is 21.5 Å². The molecule has 1 fully saturated rings. The molecule has 0 saturated heterocycles. The number of aromatic nitrogens is 2. The van der Waals surface area contributed by atoms with Crippen molar-refractivity contribution in [3.05, 3.63) is 3.92 Å². The summed E-state index contributed by atoms with van der Waals surface area (Å²) < 4.78 is 0.839. The highest BCUT2D eigenvalue weighted by Gasteiger charge is 2.33. The monoisotopic (exact) mass is 289 g/mol. The first-order valence-electron chi connectivity index (χ1n) is 5.31. The largest absolute Gasteiger partial charge is 0.360 e. The summed E-state index contributed by atoms with van der Waals surface area (Å²) in [7, 11) is 0. The van der Waals surface area contributed by atoms with Crippen LogP contribution in [0, 0.1) is 11.3 Å². The fourth-order valence-electron chi connectivity index (χ4n) is 1.91. The Morgan fingerprint density at radius 2 is 2.20 bits per heavy atom. The van der Waals surface area contributed by atoms with Crippen molar-refractivity contribution in [2.75, 3.05) is 11.9 Å². The predicted octanol–water partition coefficient (Wildman–Crippen LogP) is 3.54. The highest BCUT2D eigenvalue weighted by molar-refractivity contribution is 9.11. The quantitative estimate of drug-likeness (QED) is 0.921. The molecule has 5 heteroatoms. The number of anilines is 1. The SMILES string of the molecule is CC(C)(CNc1nnc(Br)s1)C1CCC1. The molecule has 0 unspecified atom stereocenters. The Morgan fingerprint density at radius 1 is 1.47 bits per heavy atom. The van der Waals surface area contributed by atoms with Crippen LogP contribution in [-0.4, -0.2) is 16.7 Å². The van der Waals surface area contributed by atoms with Crippen molar-refractivity contribution in [1.82, 2.24) is 10.2 Å². The maximum absolute atomic E-state index is 4.03. The van der Waals surface area contributed by atoms with Crippen molar-refractivity contribution in [3.8, 4) is 0 Å². The van der Waals surface area contributed by atoms with Gasteiger partial charge in [0.05, 0.1) is 0 Å². The molecule has 0 spiro atoms. The number of nitrogens with one attached hydrogen (secondary N) is 1. The summed E-state index contributed by atoms with van der Waals surface area (Å²) in [6.07, 6.45) is 4.17. The Morgan fingerprint density at radius 3 is 2.67 bits per heavy atom. The molecule has 0 amide bonds. The second-order valence-electron chi connectivity index (χ2n) is 4.83. The van der Waals surface area contributed by atoms with Gasteiger partial charge in [0.1, 0.15) is 0 Å².